The van der Waals surface area contributed by atoms with E-state index >= 15 is 0 Å². The van der Waals surface area contributed by atoms with Gasteiger partial charge >= 0.3 is 0 Å². The number of aromatic nitrogens is 1. The lowest BCUT2D eigenvalue weighted by atomic mass is 10.2. The highest BCUT2D eigenvalue weighted by Gasteiger charge is 2.25. The van der Waals surface area contributed by atoms with Crippen LogP contribution in [0.3, 0.4) is 0 Å². The molecule has 2 unspecified atom stereocenters. The minimum atomic E-state index is 0.101. The van der Waals surface area contributed by atoms with Crippen molar-refractivity contribution in [2.75, 3.05) is 6.61 Å². The molecule has 0 spiro atoms. The van der Waals surface area contributed by atoms with Crippen LogP contribution in [-0.4, -0.2) is 23.7 Å². The number of ether oxygens (including phenoxy) is 2. The zero-order chi connectivity index (χ0) is 11.4. The smallest absolute Gasteiger partial charge is 0.216 e. The third-order valence-corrected chi connectivity index (χ3v) is 2.77. The number of rotatable bonds is 4. The van der Waals surface area contributed by atoms with Crippen molar-refractivity contribution < 1.29 is 9.47 Å². The molecule has 1 aromatic rings. The quantitative estimate of drug-likeness (QED) is 0.843. The SMILES string of the molecule is CCOc1cccc(OC2CCCC2N)n1. The van der Waals surface area contributed by atoms with E-state index in [9.17, 15) is 0 Å². The first-order valence-corrected chi connectivity index (χ1v) is 5.81. The molecule has 1 heterocycles. The van der Waals surface area contributed by atoms with Gasteiger partial charge in [-0.05, 0) is 26.2 Å². The minimum absolute atomic E-state index is 0.101. The van der Waals surface area contributed by atoms with Gasteiger partial charge in [0.2, 0.25) is 11.8 Å². The Hall–Kier alpha value is -1.29. The van der Waals surface area contributed by atoms with Crippen LogP contribution in [0, 0.1) is 0 Å². The van der Waals surface area contributed by atoms with Gasteiger partial charge in [-0.1, -0.05) is 6.07 Å². The lowest BCUT2D eigenvalue weighted by Crippen LogP contribution is -2.33. The number of nitrogens with two attached hydrogens (primary N) is 1. The maximum atomic E-state index is 5.94. The average Bonchev–Trinajstić information content (AvgIpc) is 2.66. The van der Waals surface area contributed by atoms with Crippen molar-refractivity contribution in [1.29, 1.82) is 0 Å². The van der Waals surface area contributed by atoms with Crippen LogP contribution in [0.25, 0.3) is 0 Å². The summed E-state index contributed by atoms with van der Waals surface area (Å²) in [6.07, 6.45) is 3.29. The zero-order valence-electron chi connectivity index (χ0n) is 9.56. The predicted octanol–water partition coefficient (Wildman–Crippen LogP) is 1.74. The fraction of sp³-hybridized carbons (Fsp3) is 0.583. The molecule has 0 aromatic carbocycles. The van der Waals surface area contributed by atoms with Crippen LogP contribution in [0.1, 0.15) is 26.2 Å². The van der Waals surface area contributed by atoms with Crippen molar-refractivity contribution in [2.45, 2.75) is 38.3 Å². The van der Waals surface area contributed by atoms with Gasteiger partial charge in [0.15, 0.2) is 0 Å². The van der Waals surface area contributed by atoms with E-state index < -0.39 is 0 Å². The summed E-state index contributed by atoms with van der Waals surface area (Å²) >= 11 is 0. The number of hydrogen-bond donors (Lipinski definition) is 1. The Kier molecular flexibility index (Phi) is 3.62. The molecule has 2 atom stereocenters. The van der Waals surface area contributed by atoms with Gasteiger partial charge in [-0.15, -0.1) is 0 Å². The number of hydrogen-bond acceptors (Lipinski definition) is 4. The molecule has 0 saturated heterocycles. The third-order valence-electron chi connectivity index (χ3n) is 2.77. The van der Waals surface area contributed by atoms with E-state index in [0.29, 0.717) is 18.4 Å². The van der Waals surface area contributed by atoms with Crippen LogP contribution < -0.4 is 15.2 Å². The summed E-state index contributed by atoms with van der Waals surface area (Å²) in [4.78, 5) is 4.26. The summed E-state index contributed by atoms with van der Waals surface area (Å²) in [5.41, 5.74) is 5.94. The topological polar surface area (TPSA) is 57.4 Å². The summed E-state index contributed by atoms with van der Waals surface area (Å²) in [5, 5.41) is 0. The zero-order valence-corrected chi connectivity index (χ0v) is 9.56. The fourth-order valence-corrected chi connectivity index (χ4v) is 1.95. The lowest BCUT2D eigenvalue weighted by molar-refractivity contribution is 0.181. The van der Waals surface area contributed by atoms with E-state index in [4.69, 9.17) is 15.2 Å². The monoisotopic (exact) mass is 222 g/mol. The van der Waals surface area contributed by atoms with Gasteiger partial charge in [0.25, 0.3) is 0 Å². The second-order valence-electron chi connectivity index (χ2n) is 4.00. The maximum absolute atomic E-state index is 5.94. The van der Waals surface area contributed by atoms with Crippen molar-refractivity contribution in [3.05, 3.63) is 18.2 Å². The van der Waals surface area contributed by atoms with Crippen molar-refractivity contribution in [1.82, 2.24) is 4.98 Å². The van der Waals surface area contributed by atoms with Crippen molar-refractivity contribution in [2.24, 2.45) is 5.73 Å². The van der Waals surface area contributed by atoms with Gasteiger partial charge < -0.3 is 15.2 Å². The fourth-order valence-electron chi connectivity index (χ4n) is 1.95. The predicted molar refractivity (Wildman–Crippen MR) is 61.6 cm³/mol. The van der Waals surface area contributed by atoms with E-state index in [-0.39, 0.29) is 12.1 Å². The molecule has 1 saturated carbocycles. The molecular formula is C12H18N2O2. The first kappa shape index (κ1) is 11.2. The Labute approximate surface area is 95.8 Å². The third kappa shape index (κ3) is 2.64. The van der Waals surface area contributed by atoms with Crippen LogP contribution in [0.2, 0.25) is 0 Å². The summed E-state index contributed by atoms with van der Waals surface area (Å²) in [6, 6.07) is 5.68. The highest BCUT2D eigenvalue weighted by atomic mass is 16.5. The van der Waals surface area contributed by atoms with E-state index in [2.05, 4.69) is 4.98 Å². The standard InChI is InChI=1S/C12H18N2O2/c1-2-15-11-7-4-8-12(14-11)16-10-6-3-5-9(10)13/h4,7-10H,2-3,5-6,13H2,1H3. The molecule has 1 fully saturated rings. The van der Waals surface area contributed by atoms with Gasteiger partial charge in [0, 0.05) is 18.2 Å². The van der Waals surface area contributed by atoms with Crippen LogP contribution in [0.5, 0.6) is 11.8 Å². The molecule has 16 heavy (non-hydrogen) atoms. The summed E-state index contributed by atoms with van der Waals surface area (Å²) in [7, 11) is 0. The molecule has 1 aliphatic rings. The van der Waals surface area contributed by atoms with Crippen molar-refractivity contribution >= 4 is 0 Å². The van der Waals surface area contributed by atoms with Gasteiger partial charge in [-0.25, -0.2) is 0 Å². The molecular weight excluding hydrogens is 204 g/mol. The first-order chi connectivity index (χ1) is 7.79. The van der Waals surface area contributed by atoms with Crippen LogP contribution in [0.4, 0.5) is 0 Å². The highest BCUT2D eigenvalue weighted by molar-refractivity contribution is 5.20. The first-order valence-electron chi connectivity index (χ1n) is 5.81. The van der Waals surface area contributed by atoms with E-state index in [1.165, 1.54) is 0 Å². The Balaban J connectivity index is 2.00. The molecule has 88 valence electrons. The van der Waals surface area contributed by atoms with E-state index in [1.807, 2.05) is 25.1 Å². The highest BCUT2D eigenvalue weighted by Crippen LogP contribution is 2.23. The summed E-state index contributed by atoms with van der Waals surface area (Å²) in [5.74, 6) is 1.21. The maximum Gasteiger partial charge on any atom is 0.216 e. The van der Waals surface area contributed by atoms with Crippen LogP contribution in [0.15, 0.2) is 18.2 Å². The van der Waals surface area contributed by atoms with E-state index in [1.54, 1.807) is 0 Å². The van der Waals surface area contributed by atoms with Crippen LogP contribution >= 0.6 is 0 Å². The van der Waals surface area contributed by atoms with Crippen molar-refractivity contribution in [3.8, 4) is 11.8 Å². The van der Waals surface area contributed by atoms with Gasteiger partial charge in [0.1, 0.15) is 6.10 Å². The Morgan fingerprint density at radius 3 is 2.88 bits per heavy atom. The molecule has 4 nitrogen and oxygen atoms in total. The van der Waals surface area contributed by atoms with Gasteiger partial charge in [-0.3, -0.25) is 0 Å². The molecule has 0 amide bonds. The van der Waals surface area contributed by atoms with E-state index in [0.717, 1.165) is 19.3 Å². The lowest BCUT2D eigenvalue weighted by Gasteiger charge is -2.17. The molecule has 2 N–H and O–H groups in total. The summed E-state index contributed by atoms with van der Waals surface area (Å²) in [6.45, 7) is 2.54. The van der Waals surface area contributed by atoms with Gasteiger partial charge in [0.05, 0.1) is 6.61 Å². The van der Waals surface area contributed by atoms with Crippen molar-refractivity contribution in [3.63, 3.8) is 0 Å². The minimum Gasteiger partial charge on any atom is -0.478 e. The average molecular weight is 222 g/mol. The molecule has 1 aromatic heterocycles. The molecule has 2 rings (SSSR count). The number of nitrogens with zero attached hydrogens (tertiary/aromatic N) is 1. The molecule has 4 heteroatoms. The Morgan fingerprint density at radius 1 is 1.38 bits per heavy atom. The molecule has 1 aliphatic carbocycles. The second-order valence-corrected chi connectivity index (χ2v) is 4.00. The largest absolute Gasteiger partial charge is 0.478 e. The number of pyridine rings is 1. The molecule has 0 radical (unpaired) electrons. The molecule has 0 aliphatic heterocycles. The van der Waals surface area contributed by atoms with Crippen LogP contribution in [-0.2, 0) is 0 Å². The Bertz CT molecular complexity index is 344. The Morgan fingerprint density at radius 2 is 2.19 bits per heavy atom. The molecule has 0 bridgehead atoms. The normalized spacial score (nSPS) is 24.4. The summed E-state index contributed by atoms with van der Waals surface area (Å²) < 4.78 is 11.1. The van der Waals surface area contributed by atoms with Gasteiger partial charge in [-0.2, -0.15) is 4.98 Å². The second kappa shape index (κ2) is 5.16.